The molecule has 6 N–H and O–H groups in total. The van der Waals surface area contributed by atoms with E-state index < -0.39 is 75.7 Å². The monoisotopic (exact) mass is 778 g/mol. The fourth-order valence-electron chi connectivity index (χ4n) is 5.95. The van der Waals surface area contributed by atoms with Crippen LogP contribution in [0.5, 0.6) is 0 Å². The average Bonchev–Trinajstić information content (AvgIpc) is 3.13. The van der Waals surface area contributed by atoms with E-state index in [1.165, 1.54) is 51.4 Å². The van der Waals surface area contributed by atoms with Gasteiger partial charge in [-0.25, -0.2) is 4.57 Å². The number of carbonyl (C=O) groups excluding carboxylic acids is 2. The molecule has 1 aliphatic carbocycles. The highest BCUT2D eigenvalue weighted by Gasteiger charge is 2.51. The Hall–Kier alpha value is -1.67. The molecule has 1 aliphatic rings. The van der Waals surface area contributed by atoms with Crippen LogP contribution in [0.15, 0.2) is 24.3 Å². The van der Waals surface area contributed by atoms with Crippen molar-refractivity contribution in [3.8, 4) is 0 Å². The van der Waals surface area contributed by atoms with Gasteiger partial charge in [-0.05, 0) is 38.5 Å². The predicted molar refractivity (Wildman–Crippen MR) is 203 cm³/mol. The Morgan fingerprint density at radius 2 is 1.04 bits per heavy atom. The normalized spacial score (nSPS) is 23.7. The molecular formula is C39H71O13P. The number of esters is 2. The van der Waals surface area contributed by atoms with Crippen LogP contribution >= 0.6 is 7.82 Å². The Labute approximate surface area is 317 Å². The lowest BCUT2D eigenvalue weighted by molar-refractivity contribution is -0.220. The van der Waals surface area contributed by atoms with Crippen LogP contribution in [0.3, 0.4) is 0 Å². The third kappa shape index (κ3) is 23.8. The molecule has 0 heterocycles. The van der Waals surface area contributed by atoms with Crippen molar-refractivity contribution in [1.29, 1.82) is 0 Å². The standard InChI is InChI=1S/C39H71O13P/c1-3-5-7-9-11-13-15-16-17-18-20-22-24-26-28-33(41)51-31(29-49-32(40)27-25-23-21-19-14-12-10-8-6-4-2)30-50-53(47,48)52-39-37(45)35(43)34(42)36(44)38(39)46/h9,11,15-16,31,34-39,42-46H,3-8,10,12-14,17-30H2,1-2H3,(H,47,48)/b11-9+,16-15+/t31-,34?,35-,36?,37?,38?,39?/m1/s1. The highest BCUT2D eigenvalue weighted by atomic mass is 31.2. The number of ether oxygens (including phenoxy) is 2. The number of allylic oxidation sites excluding steroid dienone is 4. The molecule has 6 unspecified atom stereocenters. The van der Waals surface area contributed by atoms with Gasteiger partial charge in [0.2, 0.25) is 0 Å². The van der Waals surface area contributed by atoms with E-state index in [1.807, 2.05) is 0 Å². The topological polar surface area (TPSA) is 210 Å². The minimum atomic E-state index is -5.11. The van der Waals surface area contributed by atoms with Crippen molar-refractivity contribution in [3.63, 3.8) is 0 Å². The number of carbonyl (C=O) groups is 2. The van der Waals surface area contributed by atoms with Crippen molar-refractivity contribution in [2.75, 3.05) is 13.2 Å². The van der Waals surface area contributed by atoms with Gasteiger partial charge < -0.3 is 39.9 Å². The van der Waals surface area contributed by atoms with Gasteiger partial charge in [0.1, 0.15) is 43.2 Å². The number of aliphatic hydroxyl groups is 5. The van der Waals surface area contributed by atoms with Gasteiger partial charge in [0, 0.05) is 12.8 Å². The molecule has 0 aliphatic heterocycles. The van der Waals surface area contributed by atoms with Crippen LogP contribution in [0.4, 0.5) is 0 Å². The first-order valence-electron chi connectivity index (χ1n) is 20.1. The molecule has 1 fully saturated rings. The van der Waals surface area contributed by atoms with Crippen molar-refractivity contribution in [1.82, 2.24) is 0 Å². The minimum Gasteiger partial charge on any atom is -0.462 e. The molecule has 8 atom stereocenters. The highest BCUT2D eigenvalue weighted by molar-refractivity contribution is 7.47. The molecule has 0 bridgehead atoms. The van der Waals surface area contributed by atoms with E-state index in [4.69, 9.17) is 18.5 Å². The Morgan fingerprint density at radius 1 is 0.585 bits per heavy atom. The van der Waals surface area contributed by atoms with Crippen molar-refractivity contribution < 1.29 is 63.1 Å². The largest absolute Gasteiger partial charge is 0.472 e. The average molecular weight is 779 g/mol. The molecule has 0 aromatic rings. The maximum Gasteiger partial charge on any atom is 0.472 e. The summed E-state index contributed by atoms with van der Waals surface area (Å²) in [6, 6.07) is 0. The number of aliphatic hydroxyl groups excluding tert-OH is 5. The fraction of sp³-hybridized carbons (Fsp3) is 0.846. The number of hydrogen-bond acceptors (Lipinski definition) is 12. The molecule has 310 valence electrons. The lowest BCUT2D eigenvalue weighted by Crippen LogP contribution is -2.64. The molecular weight excluding hydrogens is 707 g/mol. The Balaban J connectivity index is 2.54. The van der Waals surface area contributed by atoms with Crippen LogP contribution in [0, 0.1) is 0 Å². The van der Waals surface area contributed by atoms with E-state index in [0.717, 1.165) is 64.2 Å². The van der Waals surface area contributed by atoms with Gasteiger partial charge in [-0.15, -0.1) is 0 Å². The molecule has 0 saturated heterocycles. The zero-order valence-electron chi connectivity index (χ0n) is 32.3. The summed E-state index contributed by atoms with van der Waals surface area (Å²) in [7, 11) is -5.11. The van der Waals surface area contributed by atoms with Gasteiger partial charge in [-0.3, -0.25) is 18.6 Å². The third-order valence-electron chi connectivity index (χ3n) is 9.30. The van der Waals surface area contributed by atoms with Gasteiger partial charge in [0.15, 0.2) is 6.10 Å². The van der Waals surface area contributed by atoms with E-state index in [2.05, 4.69) is 38.2 Å². The molecule has 13 nitrogen and oxygen atoms in total. The molecule has 0 aromatic heterocycles. The summed E-state index contributed by atoms with van der Waals surface area (Å²) in [6.45, 7) is 3.20. The Bertz CT molecular complexity index is 1040. The number of phosphoric ester groups is 1. The molecule has 0 radical (unpaired) electrons. The Kier molecular flexibility index (Phi) is 28.4. The van der Waals surface area contributed by atoms with E-state index in [1.54, 1.807) is 0 Å². The molecule has 14 heteroatoms. The molecule has 0 aromatic carbocycles. The van der Waals surface area contributed by atoms with Crippen molar-refractivity contribution in [2.45, 2.75) is 198 Å². The summed E-state index contributed by atoms with van der Waals surface area (Å²) in [5, 5.41) is 49.9. The summed E-state index contributed by atoms with van der Waals surface area (Å²) in [6.07, 6.45) is 16.8. The van der Waals surface area contributed by atoms with Gasteiger partial charge in [0.25, 0.3) is 0 Å². The maximum absolute atomic E-state index is 12.7. The third-order valence-corrected chi connectivity index (χ3v) is 10.3. The first-order chi connectivity index (χ1) is 25.4. The number of rotatable bonds is 32. The SMILES string of the molecule is CCCC/C=C/C/C=C/CCCCCCCC(=O)O[C@H](COC(=O)CCCCCCCCCCCC)COP(=O)(O)OC1C(O)C(O)C(O)[C@@H](O)C1O. The van der Waals surface area contributed by atoms with Crippen LogP contribution in [0.25, 0.3) is 0 Å². The summed E-state index contributed by atoms with van der Waals surface area (Å²) in [4.78, 5) is 35.4. The zero-order valence-corrected chi connectivity index (χ0v) is 33.2. The second-order valence-electron chi connectivity index (χ2n) is 14.1. The summed E-state index contributed by atoms with van der Waals surface area (Å²) in [5.74, 6) is -1.12. The number of phosphoric acid groups is 1. The van der Waals surface area contributed by atoms with Gasteiger partial charge in [0.05, 0.1) is 6.61 Å². The fourth-order valence-corrected chi connectivity index (χ4v) is 6.92. The summed E-state index contributed by atoms with van der Waals surface area (Å²) >= 11 is 0. The predicted octanol–water partition coefficient (Wildman–Crippen LogP) is 6.50. The quantitative estimate of drug-likeness (QED) is 0.0187. The van der Waals surface area contributed by atoms with Crippen molar-refractivity contribution >= 4 is 19.8 Å². The lowest BCUT2D eigenvalue weighted by atomic mass is 9.85. The number of unbranched alkanes of at least 4 members (excludes halogenated alkanes) is 16. The van der Waals surface area contributed by atoms with E-state index in [9.17, 15) is 44.6 Å². The van der Waals surface area contributed by atoms with Gasteiger partial charge in [-0.2, -0.15) is 0 Å². The lowest BCUT2D eigenvalue weighted by Gasteiger charge is -2.41. The van der Waals surface area contributed by atoms with E-state index in [-0.39, 0.29) is 12.8 Å². The van der Waals surface area contributed by atoms with E-state index in [0.29, 0.717) is 12.8 Å². The van der Waals surface area contributed by atoms with Crippen LogP contribution in [-0.4, -0.2) is 98.3 Å². The molecule has 1 saturated carbocycles. The van der Waals surface area contributed by atoms with Gasteiger partial charge in [-0.1, -0.05) is 128 Å². The van der Waals surface area contributed by atoms with Crippen LogP contribution in [0.1, 0.15) is 155 Å². The minimum absolute atomic E-state index is 0.0825. The number of hydrogen-bond donors (Lipinski definition) is 6. The summed E-state index contributed by atoms with van der Waals surface area (Å²) < 4.78 is 33.3. The molecule has 0 amide bonds. The van der Waals surface area contributed by atoms with Crippen LogP contribution in [0.2, 0.25) is 0 Å². The zero-order chi connectivity index (χ0) is 39.3. The first kappa shape index (κ1) is 49.3. The summed E-state index contributed by atoms with van der Waals surface area (Å²) in [5.41, 5.74) is 0. The maximum atomic E-state index is 12.7. The van der Waals surface area contributed by atoms with Crippen LogP contribution in [-0.2, 0) is 32.7 Å². The molecule has 1 rings (SSSR count). The van der Waals surface area contributed by atoms with Crippen LogP contribution < -0.4 is 0 Å². The van der Waals surface area contributed by atoms with E-state index >= 15 is 0 Å². The van der Waals surface area contributed by atoms with Crippen molar-refractivity contribution in [3.05, 3.63) is 24.3 Å². The Morgan fingerprint density at radius 3 is 1.58 bits per heavy atom. The van der Waals surface area contributed by atoms with Crippen molar-refractivity contribution in [2.24, 2.45) is 0 Å². The smallest absolute Gasteiger partial charge is 0.462 e. The van der Waals surface area contributed by atoms with Gasteiger partial charge >= 0.3 is 19.8 Å². The second kappa shape index (κ2) is 30.5. The molecule has 53 heavy (non-hydrogen) atoms. The first-order valence-corrected chi connectivity index (χ1v) is 21.6. The highest BCUT2D eigenvalue weighted by Crippen LogP contribution is 2.47. The second-order valence-corrected chi connectivity index (χ2v) is 15.5. The molecule has 0 spiro atoms.